The number of hydrogen-bond donors (Lipinski definition) is 0. The molecule has 0 N–H and O–H groups in total. The highest BCUT2D eigenvalue weighted by Gasteiger charge is 2.56. The van der Waals surface area contributed by atoms with E-state index in [1.165, 1.54) is 42.9 Å². The largest absolute Gasteiger partial charge is 0.296 e. The molecule has 0 radical (unpaired) electrons. The Balaban J connectivity index is 1.80. The topological polar surface area (TPSA) is 17.3 Å². The van der Waals surface area contributed by atoms with Crippen molar-refractivity contribution in [1.82, 2.24) is 9.38 Å². The fourth-order valence-electron chi connectivity index (χ4n) is 6.53. The van der Waals surface area contributed by atoms with Crippen molar-refractivity contribution in [3.8, 4) is 0 Å². The molecule has 1 aliphatic rings. The van der Waals surface area contributed by atoms with Gasteiger partial charge in [-0.3, -0.25) is 4.40 Å². The number of fused-ring (bicyclic) bond motifs is 3. The first-order valence-electron chi connectivity index (χ1n) is 11.6. The Hall–Kier alpha value is -3.69. The summed E-state index contributed by atoms with van der Waals surface area (Å²) >= 11 is 0. The first-order valence-corrected chi connectivity index (χ1v) is 13.6. The SMILES string of the molecule is CC1(C)c2cnc3c4ccccc4c4cccc(c4n23)[Si]1(c1ccccc1)c1ccccc1. The molecule has 3 heterocycles. The molecule has 0 aliphatic carbocycles. The van der Waals surface area contributed by atoms with Gasteiger partial charge in [-0.05, 0) is 20.9 Å². The molecule has 0 spiro atoms. The summed E-state index contributed by atoms with van der Waals surface area (Å²) in [6.07, 6.45) is 2.14. The molecule has 4 aromatic carbocycles. The molecule has 7 rings (SSSR count). The molecule has 6 aromatic rings. The van der Waals surface area contributed by atoms with Crippen molar-refractivity contribution in [2.45, 2.75) is 18.9 Å². The average Bonchev–Trinajstić information content (AvgIpc) is 3.32. The second-order valence-electron chi connectivity index (χ2n) is 9.66. The number of hydrogen-bond acceptors (Lipinski definition) is 1. The fraction of sp³-hybridized carbons (Fsp3) is 0.100. The summed E-state index contributed by atoms with van der Waals surface area (Å²) in [7, 11) is -2.50. The maximum atomic E-state index is 5.03. The lowest BCUT2D eigenvalue weighted by molar-refractivity contribution is 0.695. The predicted octanol–water partition coefficient (Wildman–Crippen LogP) is 4.94. The molecule has 0 bridgehead atoms. The summed E-state index contributed by atoms with van der Waals surface area (Å²) in [5, 5.41) is 8.07. The second-order valence-corrected chi connectivity index (χ2v) is 14.1. The Morgan fingerprint density at radius 2 is 1.21 bits per heavy atom. The van der Waals surface area contributed by atoms with Gasteiger partial charge in [0, 0.05) is 27.7 Å². The van der Waals surface area contributed by atoms with E-state index in [2.05, 4.69) is 128 Å². The minimum absolute atomic E-state index is 0.112. The van der Waals surface area contributed by atoms with Gasteiger partial charge in [-0.15, -0.1) is 0 Å². The van der Waals surface area contributed by atoms with Gasteiger partial charge in [0.15, 0.2) is 8.07 Å². The molecule has 33 heavy (non-hydrogen) atoms. The zero-order valence-electron chi connectivity index (χ0n) is 18.8. The zero-order valence-corrected chi connectivity index (χ0v) is 19.8. The van der Waals surface area contributed by atoms with E-state index < -0.39 is 8.07 Å². The first kappa shape index (κ1) is 18.8. The lowest BCUT2D eigenvalue weighted by Crippen LogP contribution is -2.78. The van der Waals surface area contributed by atoms with Crippen LogP contribution < -0.4 is 15.6 Å². The van der Waals surface area contributed by atoms with Gasteiger partial charge in [0.1, 0.15) is 5.65 Å². The van der Waals surface area contributed by atoms with E-state index in [1.807, 2.05) is 0 Å². The van der Waals surface area contributed by atoms with E-state index in [-0.39, 0.29) is 5.04 Å². The van der Waals surface area contributed by atoms with Crippen molar-refractivity contribution in [2.24, 2.45) is 0 Å². The van der Waals surface area contributed by atoms with Crippen molar-refractivity contribution in [1.29, 1.82) is 0 Å². The monoisotopic (exact) mass is 440 g/mol. The minimum atomic E-state index is -2.50. The molecule has 0 atom stereocenters. The number of para-hydroxylation sites is 1. The third-order valence-corrected chi connectivity index (χ3v) is 13.6. The number of benzene rings is 4. The van der Waals surface area contributed by atoms with Crippen LogP contribution in [0.25, 0.3) is 27.3 Å². The molecule has 158 valence electrons. The molecule has 0 saturated heterocycles. The van der Waals surface area contributed by atoms with Gasteiger partial charge in [-0.1, -0.05) is 117 Å². The van der Waals surface area contributed by atoms with Crippen molar-refractivity contribution in [3.63, 3.8) is 0 Å². The van der Waals surface area contributed by atoms with Crippen molar-refractivity contribution in [3.05, 3.63) is 115 Å². The lowest BCUT2D eigenvalue weighted by Gasteiger charge is -2.49. The molecule has 2 nitrogen and oxygen atoms in total. The highest BCUT2D eigenvalue weighted by Crippen LogP contribution is 2.42. The number of nitrogens with zero attached hydrogens (tertiary/aromatic N) is 2. The van der Waals surface area contributed by atoms with Gasteiger partial charge in [-0.25, -0.2) is 4.98 Å². The van der Waals surface area contributed by atoms with Crippen LogP contribution in [0.15, 0.2) is 109 Å². The number of aromatic nitrogens is 2. The molecule has 3 heteroatoms. The Bertz CT molecular complexity index is 1640. The fourth-order valence-corrected chi connectivity index (χ4v) is 12.5. The van der Waals surface area contributed by atoms with Gasteiger partial charge in [-0.2, -0.15) is 0 Å². The average molecular weight is 441 g/mol. The summed E-state index contributed by atoms with van der Waals surface area (Å²) in [4.78, 5) is 5.03. The quantitative estimate of drug-likeness (QED) is 0.275. The van der Waals surface area contributed by atoms with E-state index >= 15 is 0 Å². The van der Waals surface area contributed by atoms with Crippen molar-refractivity contribution in [2.75, 3.05) is 0 Å². The van der Waals surface area contributed by atoms with Gasteiger partial charge in [0.25, 0.3) is 0 Å². The normalized spacial score (nSPS) is 16.1. The predicted molar refractivity (Wildman–Crippen MR) is 141 cm³/mol. The van der Waals surface area contributed by atoms with Crippen LogP contribution in [0.2, 0.25) is 0 Å². The van der Waals surface area contributed by atoms with Crippen LogP contribution in [0.1, 0.15) is 19.5 Å². The number of pyridine rings is 1. The summed E-state index contributed by atoms with van der Waals surface area (Å²) in [5.41, 5.74) is 3.71. The molecule has 0 amide bonds. The number of imidazole rings is 1. The van der Waals surface area contributed by atoms with E-state index in [9.17, 15) is 0 Å². The first-order chi connectivity index (χ1) is 16.2. The van der Waals surface area contributed by atoms with Crippen LogP contribution >= 0.6 is 0 Å². The smallest absolute Gasteiger partial charge is 0.162 e. The maximum Gasteiger partial charge on any atom is 0.162 e. The Morgan fingerprint density at radius 3 is 1.88 bits per heavy atom. The molecule has 0 unspecified atom stereocenters. The molecule has 0 fully saturated rings. The third-order valence-electron chi connectivity index (χ3n) is 7.88. The van der Waals surface area contributed by atoms with Crippen LogP contribution in [0, 0.1) is 0 Å². The van der Waals surface area contributed by atoms with Crippen LogP contribution in [-0.4, -0.2) is 17.5 Å². The Morgan fingerprint density at radius 1 is 0.636 bits per heavy atom. The van der Waals surface area contributed by atoms with Gasteiger partial charge in [0.2, 0.25) is 0 Å². The van der Waals surface area contributed by atoms with E-state index in [4.69, 9.17) is 4.98 Å². The summed E-state index contributed by atoms with van der Waals surface area (Å²) in [5.74, 6) is 0. The maximum absolute atomic E-state index is 5.03. The molecular weight excluding hydrogens is 416 g/mol. The Kier molecular flexibility index (Phi) is 3.67. The zero-order chi connectivity index (χ0) is 22.2. The summed E-state index contributed by atoms with van der Waals surface area (Å²) < 4.78 is 2.46. The van der Waals surface area contributed by atoms with Gasteiger partial charge in [0.05, 0.1) is 5.52 Å². The van der Waals surface area contributed by atoms with Crippen LogP contribution in [0.5, 0.6) is 0 Å². The van der Waals surface area contributed by atoms with Crippen LogP contribution in [0.3, 0.4) is 0 Å². The van der Waals surface area contributed by atoms with Gasteiger partial charge < -0.3 is 0 Å². The van der Waals surface area contributed by atoms with Crippen molar-refractivity contribution < 1.29 is 0 Å². The second kappa shape index (κ2) is 6.43. The van der Waals surface area contributed by atoms with Crippen LogP contribution in [0.4, 0.5) is 0 Å². The third kappa shape index (κ3) is 2.16. The van der Waals surface area contributed by atoms with Crippen molar-refractivity contribution >= 4 is 51.0 Å². The summed E-state index contributed by atoms with van der Waals surface area (Å²) in [6.45, 7) is 4.89. The molecule has 1 aliphatic heterocycles. The highest BCUT2D eigenvalue weighted by atomic mass is 28.3. The van der Waals surface area contributed by atoms with E-state index in [1.54, 1.807) is 0 Å². The summed E-state index contributed by atoms with van der Waals surface area (Å²) in [6, 6.07) is 38.1. The highest BCUT2D eigenvalue weighted by molar-refractivity contribution is 7.14. The Labute approximate surface area is 194 Å². The molecular formula is C30H24N2Si. The van der Waals surface area contributed by atoms with Gasteiger partial charge >= 0.3 is 0 Å². The molecule has 2 aromatic heterocycles. The minimum Gasteiger partial charge on any atom is -0.296 e. The lowest BCUT2D eigenvalue weighted by atomic mass is 10.0. The molecule has 0 saturated carbocycles. The standard InChI is InChI=1S/C30H24N2Si/c1-30(2)27-20-31-29-25-17-10-9-16-23(25)24-18-11-19-26(28(24)32(27)29)33(30,21-12-5-3-6-13-21)22-14-7-4-8-15-22/h3-20H,1-2H3. The van der Waals surface area contributed by atoms with Crippen LogP contribution in [-0.2, 0) is 5.04 Å². The van der Waals surface area contributed by atoms with E-state index in [0.29, 0.717) is 0 Å². The van der Waals surface area contributed by atoms with E-state index in [0.717, 1.165) is 5.65 Å². The number of rotatable bonds is 2.